The highest BCUT2D eigenvalue weighted by molar-refractivity contribution is 5.85. The Morgan fingerprint density at radius 1 is 0.912 bits per heavy atom. The Hall–Kier alpha value is -2.62. The predicted molar refractivity (Wildman–Crippen MR) is 139 cm³/mol. The van der Waals surface area contributed by atoms with E-state index < -0.39 is 12.4 Å². The first kappa shape index (κ1) is 24.5. The molecule has 0 saturated carbocycles. The summed E-state index contributed by atoms with van der Waals surface area (Å²) in [4.78, 5) is 1.50. The molecule has 0 aromatic heterocycles. The lowest BCUT2D eigenvalue weighted by Crippen LogP contribution is -2.32. The number of benzene rings is 2. The molecule has 2 rings (SSSR count). The molecule has 7 heteroatoms. The first-order valence-corrected chi connectivity index (χ1v) is 11.2. The molecular formula is C27H39ClN2O4. The van der Waals surface area contributed by atoms with Gasteiger partial charge in [-0.05, 0) is 74.1 Å². The van der Waals surface area contributed by atoms with Crippen LogP contribution in [0, 0.1) is 17.2 Å². The number of likely N-dealkylation sites (N-methyl/N-ethyl adjacent to an activating group) is 1. The maximum absolute atomic E-state index is 10.3. The Morgan fingerprint density at radius 2 is 1.50 bits per heavy atom. The highest BCUT2D eigenvalue weighted by Crippen LogP contribution is 2.40. The fraction of sp³-hybridized carbons (Fsp3) is 0.519. The summed E-state index contributed by atoms with van der Waals surface area (Å²) in [6, 6.07) is 13.7. The zero-order chi connectivity index (χ0) is 26.9. The third-order valence-electron chi connectivity index (χ3n) is 6.20. The maximum atomic E-state index is 10.3. The summed E-state index contributed by atoms with van der Waals surface area (Å²) in [5, 5.41) is 10.3. The second-order valence-corrected chi connectivity index (χ2v) is 8.34. The van der Waals surface area contributed by atoms with Gasteiger partial charge in [-0.1, -0.05) is 26.0 Å². The number of ether oxygens (including phenoxy) is 4. The van der Waals surface area contributed by atoms with Crippen LogP contribution in [-0.4, -0.2) is 53.4 Å². The number of nitriles is 1. The van der Waals surface area contributed by atoms with Crippen molar-refractivity contribution in [2.45, 2.75) is 38.5 Å². The molecule has 0 fully saturated rings. The summed E-state index contributed by atoms with van der Waals surface area (Å²) in [5.74, 6) is 2.41. The third-order valence-corrected chi connectivity index (χ3v) is 6.20. The number of rotatable bonds is 13. The summed E-state index contributed by atoms with van der Waals surface area (Å²) < 4.78 is 45.6. The number of hydrogen-bond acceptors (Lipinski definition) is 6. The fourth-order valence-electron chi connectivity index (χ4n) is 4.09. The molecule has 1 atom stereocenters. The molecule has 0 aliphatic carbocycles. The van der Waals surface area contributed by atoms with Crippen LogP contribution in [0.15, 0.2) is 36.4 Å². The Bertz CT molecular complexity index is 1040. The van der Waals surface area contributed by atoms with Crippen molar-refractivity contribution in [3.63, 3.8) is 0 Å². The highest BCUT2D eigenvalue weighted by atomic mass is 35.5. The minimum Gasteiger partial charge on any atom is -0.493 e. The molecule has 0 N–H and O–H groups in total. The number of halogens is 1. The van der Waals surface area contributed by atoms with Gasteiger partial charge in [-0.2, -0.15) is 5.26 Å². The van der Waals surface area contributed by atoms with Gasteiger partial charge in [-0.15, -0.1) is 12.4 Å². The Kier molecular flexibility index (Phi) is 10.0. The van der Waals surface area contributed by atoms with Crippen LogP contribution < -0.4 is 18.9 Å². The zero-order valence-corrected chi connectivity index (χ0v) is 21.8. The van der Waals surface area contributed by atoms with Crippen molar-refractivity contribution >= 4 is 12.4 Å². The summed E-state index contributed by atoms with van der Waals surface area (Å²) in [7, 11) is 6.29. The normalized spacial score (nSPS) is 14.1. The van der Waals surface area contributed by atoms with E-state index in [1.54, 1.807) is 34.5 Å². The van der Waals surface area contributed by atoms with Crippen LogP contribution in [0.25, 0.3) is 0 Å². The fourth-order valence-corrected chi connectivity index (χ4v) is 4.09. The molecule has 2 aromatic rings. The number of nitrogens with zero attached hydrogens (tertiary/aromatic N) is 2. The molecule has 0 heterocycles. The van der Waals surface area contributed by atoms with E-state index in [2.05, 4.69) is 6.07 Å². The highest BCUT2D eigenvalue weighted by Gasteiger charge is 2.36. The lowest BCUT2D eigenvalue weighted by Gasteiger charge is -2.32. The van der Waals surface area contributed by atoms with Gasteiger partial charge in [0.2, 0.25) is 0 Å². The van der Waals surface area contributed by atoms with Crippen molar-refractivity contribution in [2.24, 2.45) is 5.92 Å². The molecule has 34 heavy (non-hydrogen) atoms. The first-order valence-electron chi connectivity index (χ1n) is 12.7. The Morgan fingerprint density at radius 3 is 2.03 bits per heavy atom. The third kappa shape index (κ3) is 6.94. The topological polar surface area (TPSA) is 64.0 Å². The molecule has 0 aliphatic heterocycles. The largest absolute Gasteiger partial charge is 0.493 e. The standard InChI is InChI=1S/C27H38N2O4.ClH/c1-20(2)27(19-28,22-10-12-24(31-5)26(18-22)33-7)14-8-15-29(3)16-13-21-9-11-23(30-4)25(17-21)32-6;/h9-12,17-18,20H,8,13-16H2,1-7H3;1H/t27-;/m0./s1/i3D3;. The van der Waals surface area contributed by atoms with E-state index in [1.807, 2.05) is 44.2 Å². The zero-order valence-electron chi connectivity index (χ0n) is 24.0. The molecular weight excluding hydrogens is 452 g/mol. The van der Waals surface area contributed by atoms with Crippen LogP contribution in [0.2, 0.25) is 0 Å². The van der Waals surface area contributed by atoms with Gasteiger partial charge in [-0.3, -0.25) is 0 Å². The van der Waals surface area contributed by atoms with Gasteiger partial charge in [0.15, 0.2) is 23.0 Å². The molecule has 0 saturated heterocycles. The summed E-state index contributed by atoms with van der Waals surface area (Å²) >= 11 is 0. The number of methoxy groups -OCH3 is 4. The van der Waals surface area contributed by atoms with Crippen LogP contribution in [0.3, 0.4) is 0 Å². The van der Waals surface area contributed by atoms with Crippen LogP contribution >= 0.6 is 12.4 Å². The molecule has 6 nitrogen and oxygen atoms in total. The second kappa shape index (κ2) is 13.9. The number of hydrogen-bond donors (Lipinski definition) is 0. The second-order valence-electron chi connectivity index (χ2n) is 8.34. The predicted octanol–water partition coefficient (Wildman–Crippen LogP) is 5.51. The van der Waals surface area contributed by atoms with Crippen molar-refractivity contribution in [1.29, 1.82) is 5.26 Å². The van der Waals surface area contributed by atoms with E-state index in [1.165, 1.54) is 4.90 Å². The quantitative estimate of drug-likeness (QED) is 0.366. The monoisotopic (exact) mass is 493 g/mol. The summed E-state index contributed by atoms with van der Waals surface area (Å²) in [6.45, 7) is 2.47. The van der Waals surface area contributed by atoms with Gasteiger partial charge in [0.05, 0.1) is 39.9 Å². The van der Waals surface area contributed by atoms with Gasteiger partial charge in [0.25, 0.3) is 0 Å². The molecule has 0 spiro atoms. The van der Waals surface area contributed by atoms with Crippen molar-refractivity contribution in [3.8, 4) is 29.1 Å². The van der Waals surface area contributed by atoms with E-state index in [0.29, 0.717) is 55.4 Å². The van der Waals surface area contributed by atoms with Crippen molar-refractivity contribution in [1.82, 2.24) is 4.90 Å². The van der Waals surface area contributed by atoms with Crippen LogP contribution in [0.1, 0.15) is 41.9 Å². The van der Waals surface area contributed by atoms with Gasteiger partial charge in [0, 0.05) is 10.7 Å². The molecule has 0 bridgehead atoms. The smallest absolute Gasteiger partial charge is 0.161 e. The van der Waals surface area contributed by atoms with Gasteiger partial charge < -0.3 is 23.8 Å². The lowest BCUT2D eigenvalue weighted by molar-refractivity contribution is 0.292. The molecule has 0 aliphatic rings. The van der Waals surface area contributed by atoms with Gasteiger partial charge in [-0.25, -0.2) is 0 Å². The maximum Gasteiger partial charge on any atom is 0.161 e. The van der Waals surface area contributed by atoms with Gasteiger partial charge >= 0.3 is 0 Å². The first-order chi connectivity index (χ1) is 17.1. The minimum absolute atomic E-state index is 0. The average Bonchev–Trinajstić information content (AvgIpc) is 2.86. The van der Waals surface area contributed by atoms with Crippen LogP contribution in [-0.2, 0) is 11.8 Å². The minimum atomic E-state index is -2.24. The van der Waals surface area contributed by atoms with E-state index in [4.69, 9.17) is 23.1 Å². The molecule has 2 aromatic carbocycles. The van der Waals surface area contributed by atoms with E-state index in [0.717, 1.165) is 11.1 Å². The molecule has 0 unspecified atom stereocenters. The lowest BCUT2D eigenvalue weighted by atomic mass is 9.69. The van der Waals surface area contributed by atoms with E-state index in [9.17, 15) is 5.26 Å². The molecule has 188 valence electrons. The van der Waals surface area contributed by atoms with Crippen molar-refractivity contribution in [2.75, 3.05) is 48.5 Å². The van der Waals surface area contributed by atoms with E-state index in [-0.39, 0.29) is 18.3 Å². The van der Waals surface area contributed by atoms with Crippen LogP contribution in [0.4, 0.5) is 0 Å². The molecule has 0 radical (unpaired) electrons. The van der Waals surface area contributed by atoms with E-state index >= 15 is 0 Å². The SMILES string of the molecule is Cl.[2H]C([2H])([2H])N(CCC[C@@](C#N)(c1ccc(OC)c(OC)c1)C(C)C)CCc1ccc(OC)c(OC)c1. The molecule has 0 amide bonds. The average molecular weight is 494 g/mol. The Labute approximate surface area is 215 Å². The summed E-state index contributed by atoms with van der Waals surface area (Å²) in [5.41, 5.74) is 1.01. The van der Waals surface area contributed by atoms with Crippen molar-refractivity contribution < 1.29 is 23.1 Å². The van der Waals surface area contributed by atoms with Crippen LogP contribution in [0.5, 0.6) is 23.0 Å². The van der Waals surface area contributed by atoms with Crippen molar-refractivity contribution in [3.05, 3.63) is 47.5 Å². The van der Waals surface area contributed by atoms with Gasteiger partial charge in [0.1, 0.15) is 0 Å². The Balaban J connectivity index is 0.00000684. The summed E-state index contributed by atoms with van der Waals surface area (Å²) in [6.07, 6.45) is 1.60.